The van der Waals surface area contributed by atoms with Crippen LogP contribution in [0.5, 0.6) is 0 Å². The molecule has 0 radical (unpaired) electrons. The molecule has 0 N–H and O–H groups in total. The Morgan fingerprint density at radius 2 is 1.24 bits per heavy atom. The molecule has 5 aliphatic carbocycles. The maximum Gasteiger partial charge on any atom is 0.264 e. The Balaban J connectivity index is 1.10. The van der Waals surface area contributed by atoms with E-state index in [1.807, 2.05) is 0 Å². The van der Waals surface area contributed by atoms with Gasteiger partial charge in [-0.2, -0.15) is 0 Å². The summed E-state index contributed by atoms with van der Waals surface area (Å²) in [4.78, 5) is 5.57. The first kappa shape index (κ1) is 46.1. The van der Waals surface area contributed by atoms with Crippen LogP contribution in [-0.4, -0.2) is 6.71 Å². The van der Waals surface area contributed by atoms with Crippen molar-refractivity contribution in [3.63, 3.8) is 0 Å². The second-order valence-electron chi connectivity index (χ2n) is 28.6. The van der Waals surface area contributed by atoms with Crippen LogP contribution < -0.4 is 25.5 Å². The maximum atomic E-state index is 7.15. The van der Waals surface area contributed by atoms with Crippen LogP contribution in [0.1, 0.15) is 180 Å². The highest BCUT2D eigenvalue weighted by molar-refractivity contribution is 7.33. The normalized spacial score (nSPS) is 25.4. The second kappa shape index (κ2) is 15.2. The topological polar surface area (TPSA) is 19.6 Å². The van der Waals surface area contributed by atoms with Gasteiger partial charge in [0.15, 0.2) is 5.58 Å². The molecule has 8 aromatic rings. The number of hydrogen-bond acceptors (Lipinski definition) is 4. The molecule has 6 aromatic carbocycles. The monoisotopic (exact) mass is 991 g/mol. The molecule has 74 heavy (non-hydrogen) atoms. The van der Waals surface area contributed by atoms with Gasteiger partial charge in [0.25, 0.3) is 6.71 Å². The summed E-state index contributed by atoms with van der Waals surface area (Å²) in [5.41, 5.74) is 22.1. The van der Waals surface area contributed by atoms with Gasteiger partial charge < -0.3 is 14.2 Å². The quantitative estimate of drug-likeness (QED) is 0.165. The van der Waals surface area contributed by atoms with Crippen molar-refractivity contribution in [2.24, 2.45) is 23.7 Å². The van der Waals surface area contributed by atoms with Crippen molar-refractivity contribution < 1.29 is 4.42 Å². The Hall–Kier alpha value is -5.26. The average molecular weight is 991 g/mol. The summed E-state index contributed by atoms with van der Waals surface area (Å²) in [6, 6.07) is 41.9. The zero-order chi connectivity index (χ0) is 50.7. The summed E-state index contributed by atoms with van der Waals surface area (Å²) in [6.07, 6.45) is 13.2. The Labute approximate surface area is 445 Å². The zero-order valence-corrected chi connectivity index (χ0v) is 46.9. The summed E-state index contributed by atoms with van der Waals surface area (Å²) < 4.78 is 10.0. The van der Waals surface area contributed by atoms with Crippen LogP contribution in [0.4, 0.5) is 34.1 Å². The molecule has 3 saturated carbocycles. The Bertz CT molecular complexity index is 3700. The fourth-order valence-corrected chi connectivity index (χ4v) is 18.2. The number of nitrogens with zero attached hydrogens (tertiary/aromatic N) is 2. The molecule has 0 amide bonds. The first-order valence-corrected chi connectivity index (χ1v) is 29.6. The number of para-hydroxylation sites is 2. The largest absolute Gasteiger partial charge is 0.454 e. The van der Waals surface area contributed by atoms with Crippen LogP contribution >= 0.6 is 11.3 Å². The highest BCUT2D eigenvalue weighted by atomic mass is 32.1. The van der Waals surface area contributed by atoms with Crippen molar-refractivity contribution in [1.29, 1.82) is 0 Å². The van der Waals surface area contributed by atoms with Crippen molar-refractivity contribution >= 4 is 99.9 Å². The molecule has 0 spiro atoms. The van der Waals surface area contributed by atoms with E-state index in [9.17, 15) is 0 Å². The lowest BCUT2D eigenvalue weighted by Gasteiger charge is -2.53. The van der Waals surface area contributed by atoms with Crippen LogP contribution in [0.3, 0.4) is 0 Å². The van der Waals surface area contributed by atoms with Gasteiger partial charge in [0.05, 0.1) is 11.4 Å². The lowest BCUT2D eigenvalue weighted by Crippen LogP contribution is -2.61. The standard InChI is InChI=1S/C69H75BN2OS/c1-65(2,3)43-20-24-60-49(35-43)62-64(74-60)70-54-37-52-53(69(10,11)28-27-68(52,8)9)38-56(54)72(55-17-14-16-47-46-15-12-13-18-59(46)73-63(47)55)58-34-42(48-32-40-29-39-19-22-45(48)41(30-39)31-40)33-57(61(58)70)71(62)44-21-23-50-51(36-44)67(6,7)26-25-66(50,4)5/h12-18,20-21,23-24,33-41,45,48H,19,22,25-32H2,1-11H3. The van der Waals surface area contributed by atoms with Crippen LogP contribution in [-0.2, 0) is 27.1 Å². The van der Waals surface area contributed by atoms with Crippen LogP contribution in [0.2, 0.25) is 0 Å². The molecule has 3 fully saturated rings. The summed E-state index contributed by atoms with van der Waals surface area (Å²) >= 11 is 2.06. The number of fused-ring (bicyclic) bond motifs is 13. The van der Waals surface area contributed by atoms with E-state index in [-0.39, 0.29) is 33.8 Å². The van der Waals surface area contributed by atoms with Crippen molar-refractivity contribution in [2.75, 3.05) is 9.80 Å². The Kier molecular flexibility index (Phi) is 9.49. The number of benzene rings is 6. The number of rotatable bonds is 3. The molecule has 3 nitrogen and oxygen atoms in total. The van der Waals surface area contributed by atoms with Gasteiger partial charge >= 0.3 is 0 Å². The predicted molar refractivity (Wildman–Crippen MR) is 317 cm³/mol. The molecule has 2 aromatic heterocycles. The van der Waals surface area contributed by atoms with Gasteiger partial charge in [0.2, 0.25) is 0 Å². The van der Waals surface area contributed by atoms with Crippen molar-refractivity contribution in [3.8, 4) is 0 Å². The maximum absolute atomic E-state index is 7.15. The Morgan fingerprint density at radius 3 is 2.00 bits per heavy atom. The number of thiophene rings is 1. The smallest absolute Gasteiger partial charge is 0.264 e. The van der Waals surface area contributed by atoms with Gasteiger partial charge in [-0.05, 0) is 213 Å². The average Bonchev–Trinajstić information content (AvgIpc) is 3.95. The molecular formula is C69H75BN2OS. The third-order valence-corrected chi connectivity index (χ3v) is 22.4. The second-order valence-corrected chi connectivity index (χ2v) is 29.7. The summed E-state index contributed by atoms with van der Waals surface area (Å²) in [5.74, 6) is 3.87. The van der Waals surface area contributed by atoms with Gasteiger partial charge in [0, 0.05) is 48.4 Å². The van der Waals surface area contributed by atoms with Crippen LogP contribution in [0.15, 0.2) is 108 Å². The third kappa shape index (κ3) is 6.50. The van der Waals surface area contributed by atoms with Crippen molar-refractivity contribution in [1.82, 2.24) is 0 Å². The molecule has 4 heterocycles. The number of anilines is 6. The van der Waals surface area contributed by atoms with Gasteiger partial charge in [-0.25, -0.2) is 0 Å². The molecule has 5 atom stereocenters. The van der Waals surface area contributed by atoms with Crippen molar-refractivity contribution in [2.45, 2.75) is 173 Å². The van der Waals surface area contributed by atoms with Gasteiger partial charge in [-0.1, -0.05) is 131 Å². The SMILES string of the molecule is CC(C)(C)c1ccc2sc3c(c2c1)N(c1ccc2c(c1)C(C)(C)CCC2(C)C)c1cc(C2CC4CC5CCC2C(C5)C4)cc2c1B3c1cc3c(cc1N2c1cccc2c1oc1ccccc12)C(C)(C)CCC3(C)C. The van der Waals surface area contributed by atoms with E-state index in [4.69, 9.17) is 4.42 Å². The fourth-order valence-electron chi connectivity index (χ4n) is 16.9. The minimum Gasteiger partial charge on any atom is -0.454 e. The molecular weight excluding hydrogens is 916 g/mol. The van der Waals surface area contributed by atoms with Crippen LogP contribution in [0.25, 0.3) is 32.0 Å². The van der Waals surface area contributed by atoms with E-state index >= 15 is 0 Å². The molecule has 5 heteroatoms. The zero-order valence-electron chi connectivity index (χ0n) is 46.1. The molecule has 7 aliphatic rings. The number of hydrogen-bond donors (Lipinski definition) is 0. The van der Waals surface area contributed by atoms with E-state index < -0.39 is 0 Å². The minimum absolute atomic E-state index is 0.00724. The van der Waals surface area contributed by atoms with E-state index in [0.717, 1.165) is 40.5 Å². The number of furan rings is 1. The van der Waals surface area contributed by atoms with Gasteiger partial charge in [-0.3, -0.25) is 0 Å². The molecule has 376 valence electrons. The van der Waals surface area contributed by atoms with E-state index in [1.165, 1.54) is 157 Å². The highest BCUT2D eigenvalue weighted by Crippen LogP contribution is 2.60. The summed E-state index contributed by atoms with van der Waals surface area (Å²) in [6.45, 7) is 27.2. The molecule has 3 bridgehead atoms. The van der Waals surface area contributed by atoms with E-state index in [2.05, 4.69) is 200 Å². The first-order valence-electron chi connectivity index (χ1n) is 28.8. The van der Waals surface area contributed by atoms with E-state index in [0.29, 0.717) is 5.92 Å². The molecule has 0 saturated heterocycles. The fraction of sp³-hybridized carbons (Fsp3) is 0.449. The van der Waals surface area contributed by atoms with E-state index in [1.54, 1.807) is 5.56 Å². The minimum atomic E-state index is 0.00724. The lowest BCUT2D eigenvalue weighted by atomic mass is 9.35. The van der Waals surface area contributed by atoms with Crippen LogP contribution in [0, 0.1) is 23.7 Å². The molecule has 2 aliphatic heterocycles. The first-order chi connectivity index (χ1) is 35.2. The molecule has 15 rings (SSSR count). The lowest BCUT2D eigenvalue weighted by molar-refractivity contribution is 0.0153. The molecule has 5 unspecified atom stereocenters. The third-order valence-electron chi connectivity index (χ3n) is 21.2. The predicted octanol–water partition coefficient (Wildman–Crippen LogP) is 17.8. The van der Waals surface area contributed by atoms with Gasteiger partial charge in [-0.15, -0.1) is 11.3 Å². The highest BCUT2D eigenvalue weighted by Gasteiger charge is 2.51. The Morgan fingerprint density at radius 1 is 0.568 bits per heavy atom. The summed E-state index contributed by atoms with van der Waals surface area (Å²) in [7, 11) is 0. The van der Waals surface area contributed by atoms with Crippen molar-refractivity contribution in [3.05, 3.63) is 137 Å². The summed E-state index contributed by atoms with van der Waals surface area (Å²) in [5, 5.41) is 3.77. The van der Waals surface area contributed by atoms with Gasteiger partial charge in [0.1, 0.15) is 5.58 Å².